The number of allylic oxidation sites excluding steroid dienone is 3. The third-order valence-corrected chi connectivity index (χ3v) is 14.0. The number of hydrogen-bond donors (Lipinski definition) is 1. The summed E-state index contributed by atoms with van der Waals surface area (Å²) in [5.41, 5.74) is 3.58. The van der Waals surface area contributed by atoms with Crippen LogP contribution in [0.5, 0.6) is 0 Å². The first-order valence-electron chi connectivity index (χ1n) is 16.1. The molecule has 0 saturated carbocycles. The lowest BCUT2D eigenvalue weighted by Gasteiger charge is -2.40. The molecule has 7 rings (SSSR count). The lowest BCUT2D eigenvalue weighted by atomic mass is 9.96. The van der Waals surface area contributed by atoms with E-state index in [1.807, 2.05) is 25.1 Å². The fourth-order valence-electron chi connectivity index (χ4n) is 7.19. The fourth-order valence-corrected chi connectivity index (χ4v) is 10.7. The number of anilines is 1. The standard InChI is InChI=1S/C34H37N7O6S2/c1-23-8-7-15-34(3,20-23)49(46,47)40-17-14-25-26(9-6-11-29(25)40)32-36-28-13-16-35-21-27(28)33(37-32)38-18-19-39(24(2)22-38)48(44,45)31-12-5-4-10-30(31)41(42)43/h4-12,14-15,17,24,35H,13,16,18-22H2,1-3H3/t24-,34?/m1/s1. The number of nitro benzene ring substituents is 1. The normalized spacial score (nSPS) is 21.8. The molecule has 1 unspecified atom stereocenters. The van der Waals surface area contributed by atoms with Crippen LogP contribution >= 0.6 is 0 Å². The van der Waals surface area contributed by atoms with Gasteiger partial charge in [0.15, 0.2) is 10.7 Å². The van der Waals surface area contributed by atoms with E-state index in [4.69, 9.17) is 9.97 Å². The molecule has 13 nitrogen and oxygen atoms in total. The molecule has 1 fully saturated rings. The maximum absolute atomic E-state index is 14.1. The van der Waals surface area contributed by atoms with E-state index in [-0.39, 0.29) is 11.4 Å². The van der Waals surface area contributed by atoms with E-state index in [2.05, 4.69) is 10.2 Å². The monoisotopic (exact) mass is 703 g/mol. The Morgan fingerprint density at radius 2 is 1.84 bits per heavy atom. The van der Waals surface area contributed by atoms with Crippen LogP contribution < -0.4 is 10.2 Å². The SMILES string of the molecule is CC1=CC=CC(C)(S(=O)(=O)n2ccc3c(-c4nc5c(c(N6CCN(S(=O)(=O)c7ccccc7[N+](=O)[O-])[C@H](C)C6)n4)CNCC5)cccc32)C1. The van der Waals surface area contributed by atoms with Crippen molar-refractivity contribution in [1.82, 2.24) is 23.6 Å². The molecule has 2 aromatic carbocycles. The van der Waals surface area contributed by atoms with Gasteiger partial charge in [0.25, 0.3) is 5.69 Å². The molecule has 0 radical (unpaired) electrons. The molecule has 256 valence electrons. The van der Waals surface area contributed by atoms with Crippen LogP contribution in [0.15, 0.2) is 83.4 Å². The quantitative estimate of drug-likeness (QED) is 0.216. The number of fused-ring (bicyclic) bond motifs is 2. The molecule has 0 amide bonds. The largest absolute Gasteiger partial charge is 0.353 e. The van der Waals surface area contributed by atoms with E-state index in [0.717, 1.165) is 23.4 Å². The van der Waals surface area contributed by atoms with Crippen LogP contribution in [0.1, 0.15) is 38.4 Å². The summed E-state index contributed by atoms with van der Waals surface area (Å²) in [5, 5.41) is 15.7. The van der Waals surface area contributed by atoms with Crippen molar-refractivity contribution in [2.45, 2.75) is 55.8 Å². The average molecular weight is 704 g/mol. The van der Waals surface area contributed by atoms with Gasteiger partial charge in [-0.3, -0.25) is 10.1 Å². The molecule has 0 spiro atoms. The van der Waals surface area contributed by atoms with Crippen molar-refractivity contribution in [2.24, 2.45) is 0 Å². The minimum absolute atomic E-state index is 0.106. The van der Waals surface area contributed by atoms with Gasteiger partial charge in [0, 0.05) is 74.0 Å². The highest BCUT2D eigenvalue weighted by atomic mass is 32.2. The second kappa shape index (κ2) is 12.2. The summed E-state index contributed by atoms with van der Waals surface area (Å²) in [6.45, 7) is 7.47. The Hall–Kier alpha value is -4.44. The predicted octanol–water partition coefficient (Wildman–Crippen LogP) is 4.39. The van der Waals surface area contributed by atoms with E-state index in [1.54, 1.807) is 44.3 Å². The van der Waals surface area contributed by atoms with Crippen molar-refractivity contribution in [3.8, 4) is 11.4 Å². The van der Waals surface area contributed by atoms with E-state index in [9.17, 15) is 26.9 Å². The van der Waals surface area contributed by atoms with Crippen molar-refractivity contribution in [2.75, 3.05) is 31.1 Å². The molecule has 1 saturated heterocycles. The molecule has 49 heavy (non-hydrogen) atoms. The van der Waals surface area contributed by atoms with E-state index in [0.29, 0.717) is 60.6 Å². The highest BCUT2D eigenvalue weighted by Gasteiger charge is 2.41. The summed E-state index contributed by atoms with van der Waals surface area (Å²) in [5.74, 6) is 1.15. The van der Waals surface area contributed by atoms with Gasteiger partial charge in [0.1, 0.15) is 10.6 Å². The number of nitrogens with one attached hydrogen (secondary N) is 1. The maximum atomic E-state index is 14.1. The first-order chi connectivity index (χ1) is 23.3. The Balaban J connectivity index is 1.25. The molecule has 2 atom stereocenters. The summed E-state index contributed by atoms with van der Waals surface area (Å²) in [4.78, 5) is 22.8. The zero-order valence-electron chi connectivity index (χ0n) is 27.4. The van der Waals surface area contributed by atoms with Crippen LogP contribution in [-0.4, -0.2) is 77.0 Å². The molecule has 1 N–H and O–H groups in total. The zero-order chi connectivity index (χ0) is 34.7. The van der Waals surface area contributed by atoms with Crippen molar-refractivity contribution >= 4 is 42.5 Å². The molecule has 15 heteroatoms. The molecular formula is C34H37N7O6S2. The molecular weight excluding hydrogens is 667 g/mol. The van der Waals surface area contributed by atoms with Gasteiger partial charge in [-0.05, 0) is 45.4 Å². The van der Waals surface area contributed by atoms with Crippen LogP contribution in [-0.2, 0) is 33.0 Å². The summed E-state index contributed by atoms with van der Waals surface area (Å²) < 4.78 is 57.1. The first kappa shape index (κ1) is 33.1. The van der Waals surface area contributed by atoms with Crippen LogP contribution in [0.25, 0.3) is 22.3 Å². The number of hydrogen-bond acceptors (Lipinski definition) is 10. The third-order valence-electron chi connectivity index (χ3n) is 9.67. The van der Waals surface area contributed by atoms with Gasteiger partial charge < -0.3 is 10.2 Å². The van der Waals surface area contributed by atoms with Crippen molar-refractivity contribution in [1.29, 1.82) is 0 Å². The lowest BCUT2D eigenvalue weighted by molar-refractivity contribution is -0.387. The van der Waals surface area contributed by atoms with Crippen LogP contribution in [0.4, 0.5) is 11.5 Å². The Labute approximate surface area is 285 Å². The number of rotatable bonds is 7. The van der Waals surface area contributed by atoms with E-state index in [1.165, 1.54) is 32.5 Å². The molecule has 4 aromatic rings. The van der Waals surface area contributed by atoms with Gasteiger partial charge in [0.05, 0.1) is 16.1 Å². The highest BCUT2D eigenvalue weighted by Crippen LogP contribution is 2.37. The number of nitrogens with zero attached hydrogens (tertiary/aromatic N) is 6. The average Bonchev–Trinajstić information content (AvgIpc) is 3.53. The Bertz CT molecular complexity index is 2280. The topological polar surface area (TPSA) is 161 Å². The van der Waals surface area contributed by atoms with Gasteiger partial charge in [-0.2, -0.15) is 4.31 Å². The van der Waals surface area contributed by atoms with Gasteiger partial charge >= 0.3 is 0 Å². The van der Waals surface area contributed by atoms with Crippen LogP contribution in [0.2, 0.25) is 0 Å². The number of piperazine rings is 1. The highest BCUT2D eigenvalue weighted by molar-refractivity contribution is 7.91. The minimum atomic E-state index is -4.15. The number of benzene rings is 2. The Kier molecular flexibility index (Phi) is 8.21. The predicted molar refractivity (Wildman–Crippen MR) is 187 cm³/mol. The van der Waals surface area contributed by atoms with Crippen LogP contribution in [0.3, 0.4) is 0 Å². The second-order valence-electron chi connectivity index (χ2n) is 13.1. The van der Waals surface area contributed by atoms with E-state index < -0.39 is 41.4 Å². The Morgan fingerprint density at radius 3 is 2.59 bits per heavy atom. The molecule has 2 aliphatic heterocycles. The second-order valence-corrected chi connectivity index (χ2v) is 17.2. The summed E-state index contributed by atoms with van der Waals surface area (Å²) in [6.07, 6.45) is 8.13. The van der Waals surface area contributed by atoms with Gasteiger partial charge in [0.2, 0.25) is 20.0 Å². The van der Waals surface area contributed by atoms with Gasteiger partial charge in [-0.15, -0.1) is 0 Å². The van der Waals surface area contributed by atoms with Crippen molar-refractivity contribution < 1.29 is 21.8 Å². The number of sulfonamides is 1. The Morgan fingerprint density at radius 1 is 1.04 bits per heavy atom. The number of nitro groups is 1. The summed E-state index contributed by atoms with van der Waals surface area (Å²) in [7, 11) is -7.98. The van der Waals surface area contributed by atoms with Gasteiger partial charge in [-0.1, -0.05) is 48.1 Å². The number of para-hydroxylation sites is 1. The lowest BCUT2D eigenvalue weighted by Crippen LogP contribution is -2.54. The molecule has 3 aliphatic rings. The van der Waals surface area contributed by atoms with Gasteiger partial charge in [-0.25, -0.2) is 30.8 Å². The number of aromatic nitrogens is 3. The fraction of sp³-hybridized carbons (Fsp3) is 0.353. The molecule has 1 aliphatic carbocycles. The molecule has 0 bridgehead atoms. The molecule has 2 aromatic heterocycles. The zero-order valence-corrected chi connectivity index (χ0v) is 29.0. The summed E-state index contributed by atoms with van der Waals surface area (Å²) >= 11 is 0. The third kappa shape index (κ3) is 5.54. The van der Waals surface area contributed by atoms with E-state index >= 15 is 0 Å². The first-order valence-corrected chi connectivity index (χ1v) is 19.0. The summed E-state index contributed by atoms with van der Waals surface area (Å²) in [6, 6.07) is 12.2. The maximum Gasteiger partial charge on any atom is 0.289 e. The smallest absolute Gasteiger partial charge is 0.289 e. The molecule has 4 heterocycles. The van der Waals surface area contributed by atoms with Crippen LogP contribution in [0, 0.1) is 10.1 Å². The van der Waals surface area contributed by atoms with Crippen molar-refractivity contribution in [3.05, 3.63) is 99.9 Å². The minimum Gasteiger partial charge on any atom is -0.353 e. The van der Waals surface area contributed by atoms with Crippen molar-refractivity contribution in [3.63, 3.8) is 0 Å².